The predicted molar refractivity (Wildman–Crippen MR) is 142 cm³/mol. The molecule has 0 aliphatic carbocycles. The number of likely N-dealkylation sites (tertiary alicyclic amines) is 1. The zero-order valence-corrected chi connectivity index (χ0v) is 22.2. The van der Waals surface area contributed by atoms with Gasteiger partial charge in [-0.3, -0.25) is 9.59 Å². The molecule has 1 aliphatic heterocycles. The standard InChI is InChI=1S/C28H35ClN2O5/c1-5-17-36-22-14-11-20(18-23(22)35-4)25-24(26(32)19-9-12-21(29)13-10-19)27(33)28(34)31(25)16-8-15-30(6-2)7-3/h9-14,18,25,32H,5-8,15-17H2,1-4H3/t25-/m0/s1. The van der Waals surface area contributed by atoms with Gasteiger partial charge in [0.2, 0.25) is 0 Å². The van der Waals surface area contributed by atoms with Gasteiger partial charge < -0.3 is 24.4 Å². The van der Waals surface area contributed by atoms with Crippen LogP contribution in [-0.2, 0) is 9.59 Å². The largest absolute Gasteiger partial charge is 0.507 e. The second-order valence-electron chi connectivity index (χ2n) is 8.64. The third kappa shape index (κ3) is 6.02. The molecule has 0 bridgehead atoms. The van der Waals surface area contributed by atoms with Gasteiger partial charge in [0.25, 0.3) is 11.7 Å². The number of aliphatic hydroxyl groups is 1. The van der Waals surface area contributed by atoms with Crippen LogP contribution in [0.25, 0.3) is 5.76 Å². The van der Waals surface area contributed by atoms with Crippen molar-refractivity contribution in [1.29, 1.82) is 0 Å². The molecular formula is C28H35ClN2O5. The zero-order valence-electron chi connectivity index (χ0n) is 21.4. The Kier molecular flexibility index (Phi) is 9.79. The van der Waals surface area contributed by atoms with E-state index in [1.54, 1.807) is 48.4 Å². The van der Waals surface area contributed by atoms with E-state index in [9.17, 15) is 14.7 Å². The smallest absolute Gasteiger partial charge is 0.295 e. The van der Waals surface area contributed by atoms with Gasteiger partial charge >= 0.3 is 0 Å². The van der Waals surface area contributed by atoms with Crippen molar-refractivity contribution >= 4 is 29.1 Å². The van der Waals surface area contributed by atoms with Crippen molar-refractivity contribution in [3.63, 3.8) is 0 Å². The molecule has 0 spiro atoms. The normalized spacial score (nSPS) is 17.2. The van der Waals surface area contributed by atoms with Crippen LogP contribution in [0.3, 0.4) is 0 Å². The molecule has 7 nitrogen and oxygen atoms in total. The van der Waals surface area contributed by atoms with Gasteiger partial charge in [0, 0.05) is 17.1 Å². The van der Waals surface area contributed by atoms with Crippen LogP contribution in [0.1, 0.15) is 50.8 Å². The number of hydrogen-bond acceptors (Lipinski definition) is 6. The number of aliphatic hydroxyl groups excluding tert-OH is 1. The minimum Gasteiger partial charge on any atom is -0.507 e. The Bertz CT molecular complexity index is 1100. The lowest BCUT2D eigenvalue weighted by Crippen LogP contribution is -2.33. The molecule has 1 N–H and O–H groups in total. The molecule has 1 fully saturated rings. The topological polar surface area (TPSA) is 79.3 Å². The fourth-order valence-corrected chi connectivity index (χ4v) is 4.54. The number of carbonyl (C=O) groups excluding carboxylic acids is 2. The van der Waals surface area contributed by atoms with Gasteiger partial charge in [-0.1, -0.05) is 38.4 Å². The third-order valence-electron chi connectivity index (χ3n) is 6.39. The Morgan fingerprint density at radius 1 is 1.06 bits per heavy atom. The molecule has 8 heteroatoms. The number of carbonyl (C=O) groups is 2. The maximum Gasteiger partial charge on any atom is 0.295 e. The Morgan fingerprint density at radius 2 is 1.75 bits per heavy atom. The summed E-state index contributed by atoms with van der Waals surface area (Å²) >= 11 is 6.01. The van der Waals surface area contributed by atoms with E-state index in [4.69, 9.17) is 21.1 Å². The van der Waals surface area contributed by atoms with Crippen LogP contribution in [-0.4, -0.2) is 66.5 Å². The second-order valence-corrected chi connectivity index (χ2v) is 9.08. The Balaban J connectivity index is 2.07. The van der Waals surface area contributed by atoms with E-state index >= 15 is 0 Å². The molecule has 0 radical (unpaired) electrons. The van der Waals surface area contributed by atoms with Gasteiger partial charge in [-0.25, -0.2) is 0 Å². The first kappa shape index (κ1) is 27.6. The van der Waals surface area contributed by atoms with Crippen LogP contribution in [0.2, 0.25) is 5.02 Å². The number of ether oxygens (including phenoxy) is 2. The number of amides is 1. The zero-order chi connectivity index (χ0) is 26.2. The third-order valence-corrected chi connectivity index (χ3v) is 6.64. The molecule has 36 heavy (non-hydrogen) atoms. The molecule has 1 amide bonds. The van der Waals surface area contributed by atoms with Crippen LogP contribution < -0.4 is 9.47 Å². The SMILES string of the molecule is CCCOc1ccc([C@H]2C(=C(O)c3ccc(Cl)cc3)C(=O)C(=O)N2CCCN(CC)CC)cc1OC. The van der Waals surface area contributed by atoms with Crippen LogP contribution in [0.15, 0.2) is 48.0 Å². The highest BCUT2D eigenvalue weighted by molar-refractivity contribution is 6.46. The minimum absolute atomic E-state index is 0.0504. The van der Waals surface area contributed by atoms with E-state index < -0.39 is 17.7 Å². The van der Waals surface area contributed by atoms with E-state index in [1.165, 1.54) is 0 Å². The monoisotopic (exact) mass is 514 g/mol. The van der Waals surface area contributed by atoms with E-state index in [2.05, 4.69) is 18.7 Å². The number of Topliss-reactive ketones (excluding diaryl/α,β-unsaturated/α-hetero) is 1. The number of halogens is 1. The van der Waals surface area contributed by atoms with Crippen molar-refractivity contribution in [2.45, 2.75) is 39.7 Å². The predicted octanol–water partition coefficient (Wildman–Crippen LogP) is 5.29. The first-order chi connectivity index (χ1) is 17.4. The number of hydrogen-bond donors (Lipinski definition) is 1. The number of ketones is 1. The highest BCUT2D eigenvalue weighted by atomic mass is 35.5. The van der Waals surface area contributed by atoms with Crippen molar-refractivity contribution in [2.75, 3.05) is 39.9 Å². The molecule has 0 aromatic heterocycles. The van der Waals surface area contributed by atoms with Gasteiger partial charge in [0.15, 0.2) is 11.5 Å². The molecular weight excluding hydrogens is 480 g/mol. The molecule has 1 atom stereocenters. The number of nitrogens with zero attached hydrogens (tertiary/aromatic N) is 2. The molecule has 2 aromatic rings. The van der Waals surface area contributed by atoms with Crippen molar-refractivity contribution in [2.24, 2.45) is 0 Å². The molecule has 1 saturated heterocycles. The Morgan fingerprint density at radius 3 is 2.36 bits per heavy atom. The van der Waals surface area contributed by atoms with Gasteiger partial charge in [0.05, 0.1) is 25.3 Å². The molecule has 0 saturated carbocycles. The number of rotatable bonds is 12. The summed E-state index contributed by atoms with van der Waals surface area (Å²) in [5.41, 5.74) is 1.13. The van der Waals surface area contributed by atoms with Crippen LogP contribution >= 0.6 is 11.6 Å². The van der Waals surface area contributed by atoms with Crippen molar-refractivity contribution in [3.8, 4) is 11.5 Å². The molecule has 0 unspecified atom stereocenters. The second kappa shape index (κ2) is 12.8. The quantitative estimate of drug-likeness (QED) is 0.235. The highest BCUT2D eigenvalue weighted by Gasteiger charge is 2.46. The van der Waals surface area contributed by atoms with Crippen LogP contribution in [0.5, 0.6) is 11.5 Å². The van der Waals surface area contributed by atoms with Gasteiger partial charge in [-0.05, 0) is 74.4 Å². The van der Waals surface area contributed by atoms with E-state index in [0.717, 1.165) is 26.1 Å². The summed E-state index contributed by atoms with van der Waals surface area (Å²) in [5, 5.41) is 11.7. The summed E-state index contributed by atoms with van der Waals surface area (Å²) in [6.07, 6.45) is 1.54. The van der Waals surface area contributed by atoms with Crippen molar-refractivity contribution < 1.29 is 24.2 Å². The number of methoxy groups -OCH3 is 1. The minimum atomic E-state index is -0.758. The summed E-state index contributed by atoms with van der Waals surface area (Å²) in [6.45, 7) is 9.73. The molecule has 3 rings (SSSR count). The molecule has 1 heterocycles. The lowest BCUT2D eigenvalue weighted by atomic mass is 9.95. The molecule has 1 aliphatic rings. The fourth-order valence-electron chi connectivity index (χ4n) is 4.41. The Labute approximate surface area is 218 Å². The average Bonchev–Trinajstić information content (AvgIpc) is 3.14. The van der Waals surface area contributed by atoms with E-state index in [1.807, 2.05) is 13.0 Å². The summed E-state index contributed by atoms with van der Waals surface area (Å²) < 4.78 is 11.3. The van der Waals surface area contributed by atoms with Gasteiger partial charge in [-0.2, -0.15) is 0 Å². The molecule has 2 aromatic carbocycles. The summed E-state index contributed by atoms with van der Waals surface area (Å²) in [5.74, 6) is -0.479. The number of benzene rings is 2. The van der Waals surface area contributed by atoms with E-state index in [-0.39, 0.29) is 11.3 Å². The summed E-state index contributed by atoms with van der Waals surface area (Å²) in [4.78, 5) is 30.3. The summed E-state index contributed by atoms with van der Waals surface area (Å²) in [7, 11) is 1.55. The average molecular weight is 515 g/mol. The lowest BCUT2D eigenvalue weighted by molar-refractivity contribution is -0.140. The Hall–Kier alpha value is -3.03. The highest BCUT2D eigenvalue weighted by Crippen LogP contribution is 2.42. The fraction of sp³-hybridized carbons (Fsp3) is 0.429. The first-order valence-corrected chi connectivity index (χ1v) is 12.8. The first-order valence-electron chi connectivity index (χ1n) is 12.4. The molecule has 194 valence electrons. The van der Waals surface area contributed by atoms with Gasteiger partial charge in [-0.15, -0.1) is 0 Å². The van der Waals surface area contributed by atoms with Crippen molar-refractivity contribution in [1.82, 2.24) is 9.80 Å². The lowest BCUT2D eigenvalue weighted by Gasteiger charge is -2.27. The van der Waals surface area contributed by atoms with E-state index in [0.29, 0.717) is 47.2 Å². The van der Waals surface area contributed by atoms with Crippen LogP contribution in [0.4, 0.5) is 0 Å². The maximum atomic E-state index is 13.3. The van der Waals surface area contributed by atoms with Crippen molar-refractivity contribution in [3.05, 3.63) is 64.2 Å². The van der Waals surface area contributed by atoms with Gasteiger partial charge in [0.1, 0.15) is 5.76 Å². The van der Waals surface area contributed by atoms with Crippen LogP contribution in [0, 0.1) is 0 Å². The summed E-state index contributed by atoms with van der Waals surface area (Å²) in [6, 6.07) is 11.1. The maximum absolute atomic E-state index is 13.3.